The monoisotopic (exact) mass is 304 g/mol. The van der Waals surface area contributed by atoms with Crippen molar-refractivity contribution in [2.75, 3.05) is 7.11 Å². The van der Waals surface area contributed by atoms with Crippen LogP contribution in [0.2, 0.25) is 0 Å². The summed E-state index contributed by atoms with van der Waals surface area (Å²) >= 11 is 0. The van der Waals surface area contributed by atoms with Gasteiger partial charge in [0.05, 0.1) is 6.61 Å². The highest BCUT2D eigenvalue weighted by atomic mass is 16.6. The third-order valence-electron chi connectivity index (χ3n) is 4.48. The lowest BCUT2D eigenvalue weighted by Crippen LogP contribution is -2.77. The molecule has 3 saturated carbocycles. The predicted octanol–water partition coefficient (Wildman–Crippen LogP) is 2.93. The number of nitrogens with zero attached hydrogens (tertiary/aromatic N) is 1. The minimum Gasteiger partial charge on any atom is -0.444 e. The number of amides is 1. The van der Waals surface area contributed by atoms with Crippen LogP contribution >= 0.6 is 0 Å². The highest BCUT2D eigenvalue weighted by Crippen LogP contribution is 2.67. The summed E-state index contributed by atoms with van der Waals surface area (Å²) in [5.41, 5.74) is 1.83. The Morgan fingerprint density at radius 1 is 1.32 bits per heavy atom. The van der Waals surface area contributed by atoms with Crippen LogP contribution in [0.15, 0.2) is 18.3 Å². The molecule has 1 heterocycles. The molecule has 2 bridgehead atoms. The standard InChI is InChI=1S/C17H24N2O3/c1-15(2,3)22-14(20)19-17-9-16(10-17,11-17)13-6-5-12(7-18-13)8-21-4/h5-7H,8-11H2,1-4H3,(H,19,20). The molecule has 0 atom stereocenters. The molecule has 1 aromatic heterocycles. The largest absolute Gasteiger partial charge is 0.444 e. The number of carbonyl (C=O) groups is 1. The van der Waals surface area contributed by atoms with Crippen LogP contribution in [0.4, 0.5) is 4.79 Å². The lowest BCUT2D eigenvalue weighted by molar-refractivity contribution is -0.0908. The first kappa shape index (κ1) is 15.3. The molecule has 0 aliphatic heterocycles. The number of nitrogens with one attached hydrogen (secondary N) is 1. The van der Waals surface area contributed by atoms with E-state index in [-0.39, 0.29) is 17.0 Å². The van der Waals surface area contributed by atoms with E-state index in [2.05, 4.69) is 22.4 Å². The fourth-order valence-electron chi connectivity index (χ4n) is 3.70. The molecule has 3 fully saturated rings. The maximum atomic E-state index is 11.9. The summed E-state index contributed by atoms with van der Waals surface area (Å²) in [7, 11) is 1.68. The molecule has 0 radical (unpaired) electrons. The first-order valence-corrected chi connectivity index (χ1v) is 7.72. The molecule has 1 aromatic rings. The van der Waals surface area contributed by atoms with E-state index in [9.17, 15) is 4.79 Å². The summed E-state index contributed by atoms with van der Waals surface area (Å²) in [4.78, 5) is 16.5. The topological polar surface area (TPSA) is 60.5 Å². The van der Waals surface area contributed by atoms with Gasteiger partial charge in [0.2, 0.25) is 0 Å². The Morgan fingerprint density at radius 3 is 2.50 bits per heavy atom. The number of aromatic nitrogens is 1. The van der Waals surface area contributed by atoms with Crippen molar-refractivity contribution < 1.29 is 14.3 Å². The maximum absolute atomic E-state index is 11.9. The van der Waals surface area contributed by atoms with Gasteiger partial charge in [-0.2, -0.15) is 0 Å². The second-order valence-electron chi connectivity index (χ2n) is 7.70. The molecule has 120 valence electrons. The molecule has 0 saturated heterocycles. The lowest BCUT2D eigenvalue weighted by Gasteiger charge is -2.70. The van der Waals surface area contributed by atoms with Crippen molar-refractivity contribution in [3.63, 3.8) is 0 Å². The summed E-state index contributed by atoms with van der Waals surface area (Å²) in [5.74, 6) is 0. The molecular formula is C17H24N2O3. The average Bonchev–Trinajstić information content (AvgIpc) is 2.31. The third kappa shape index (κ3) is 2.70. The number of hydrogen-bond acceptors (Lipinski definition) is 4. The van der Waals surface area contributed by atoms with Crippen LogP contribution in [0.1, 0.15) is 51.3 Å². The zero-order valence-corrected chi connectivity index (χ0v) is 13.7. The Bertz CT molecular complexity index is 555. The summed E-state index contributed by atoms with van der Waals surface area (Å²) in [6.45, 7) is 6.22. The Balaban J connectivity index is 1.56. The van der Waals surface area contributed by atoms with Gasteiger partial charge >= 0.3 is 6.09 Å². The Labute approximate surface area is 131 Å². The molecule has 1 amide bonds. The van der Waals surface area contributed by atoms with Crippen molar-refractivity contribution in [3.05, 3.63) is 29.6 Å². The van der Waals surface area contributed by atoms with Gasteiger partial charge in [-0.3, -0.25) is 4.98 Å². The van der Waals surface area contributed by atoms with Crippen LogP contribution in [-0.4, -0.2) is 29.3 Å². The number of methoxy groups -OCH3 is 1. The number of pyridine rings is 1. The maximum Gasteiger partial charge on any atom is 0.408 e. The molecule has 5 heteroatoms. The Morgan fingerprint density at radius 2 is 2.00 bits per heavy atom. The third-order valence-corrected chi connectivity index (χ3v) is 4.48. The van der Waals surface area contributed by atoms with Crippen molar-refractivity contribution in [2.24, 2.45) is 0 Å². The van der Waals surface area contributed by atoms with E-state index >= 15 is 0 Å². The number of hydrogen-bond donors (Lipinski definition) is 1. The zero-order chi connectivity index (χ0) is 16.0. The molecule has 4 rings (SSSR count). The van der Waals surface area contributed by atoms with Crippen molar-refractivity contribution in [3.8, 4) is 0 Å². The molecule has 1 N–H and O–H groups in total. The highest BCUT2D eigenvalue weighted by molar-refractivity contribution is 5.70. The van der Waals surface area contributed by atoms with E-state index in [1.807, 2.05) is 27.0 Å². The molecule has 0 spiro atoms. The van der Waals surface area contributed by atoms with Gasteiger partial charge in [-0.25, -0.2) is 4.79 Å². The molecule has 3 aliphatic rings. The van der Waals surface area contributed by atoms with Gasteiger partial charge in [0, 0.05) is 30.0 Å². The Hall–Kier alpha value is -1.62. The van der Waals surface area contributed by atoms with Gasteiger partial charge in [0.15, 0.2) is 0 Å². The van der Waals surface area contributed by atoms with E-state index in [0.29, 0.717) is 6.61 Å². The minimum absolute atomic E-state index is 0.0742. The number of rotatable bonds is 4. The number of ether oxygens (including phenoxy) is 2. The summed E-state index contributed by atoms with van der Waals surface area (Å²) < 4.78 is 10.4. The van der Waals surface area contributed by atoms with Crippen LogP contribution in [0, 0.1) is 0 Å². The molecule has 0 aromatic carbocycles. The van der Waals surface area contributed by atoms with E-state index in [4.69, 9.17) is 9.47 Å². The Kier molecular flexibility index (Phi) is 3.44. The summed E-state index contributed by atoms with van der Waals surface area (Å²) in [6, 6.07) is 4.16. The quantitative estimate of drug-likeness (QED) is 0.929. The van der Waals surface area contributed by atoms with Gasteiger partial charge < -0.3 is 14.8 Å². The van der Waals surface area contributed by atoms with Gasteiger partial charge in [0.1, 0.15) is 5.60 Å². The molecular weight excluding hydrogens is 280 g/mol. The fraction of sp³-hybridized carbons (Fsp3) is 0.647. The molecule has 0 unspecified atom stereocenters. The number of carbonyl (C=O) groups excluding carboxylic acids is 1. The van der Waals surface area contributed by atoms with Crippen molar-refractivity contribution in [2.45, 2.75) is 63.2 Å². The lowest BCUT2D eigenvalue weighted by atomic mass is 9.38. The van der Waals surface area contributed by atoms with Gasteiger partial charge in [-0.05, 0) is 51.7 Å². The van der Waals surface area contributed by atoms with Gasteiger partial charge in [-0.1, -0.05) is 6.07 Å². The van der Waals surface area contributed by atoms with E-state index in [0.717, 1.165) is 30.5 Å². The van der Waals surface area contributed by atoms with E-state index in [1.54, 1.807) is 7.11 Å². The highest BCUT2D eigenvalue weighted by Gasteiger charge is 2.70. The molecule has 22 heavy (non-hydrogen) atoms. The first-order chi connectivity index (χ1) is 10.3. The SMILES string of the molecule is COCc1ccc(C23CC(NC(=O)OC(C)(C)C)(C2)C3)nc1. The summed E-state index contributed by atoms with van der Waals surface area (Å²) in [5, 5.41) is 3.03. The van der Waals surface area contributed by atoms with Gasteiger partial charge in [-0.15, -0.1) is 0 Å². The van der Waals surface area contributed by atoms with Crippen LogP contribution in [-0.2, 0) is 21.5 Å². The first-order valence-electron chi connectivity index (χ1n) is 7.72. The average molecular weight is 304 g/mol. The zero-order valence-electron chi connectivity index (χ0n) is 13.7. The molecule has 5 nitrogen and oxygen atoms in total. The smallest absolute Gasteiger partial charge is 0.408 e. The molecule has 3 aliphatic carbocycles. The van der Waals surface area contributed by atoms with Crippen molar-refractivity contribution >= 4 is 6.09 Å². The van der Waals surface area contributed by atoms with Crippen LogP contribution in [0.3, 0.4) is 0 Å². The van der Waals surface area contributed by atoms with E-state index in [1.165, 1.54) is 0 Å². The minimum atomic E-state index is -0.454. The number of alkyl carbamates (subject to hydrolysis) is 1. The van der Waals surface area contributed by atoms with E-state index < -0.39 is 5.60 Å². The fourth-order valence-corrected chi connectivity index (χ4v) is 3.70. The van der Waals surface area contributed by atoms with Crippen molar-refractivity contribution in [1.82, 2.24) is 10.3 Å². The predicted molar refractivity (Wildman–Crippen MR) is 82.6 cm³/mol. The normalized spacial score (nSPS) is 29.3. The van der Waals surface area contributed by atoms with Crippen molar-refractivity contribution in [1.29, 1.82) is 0 Å². The van der Waals surface area contributed by atoms with Gasteiger partial charge in [0.25, 0.3) is 0 Å². The van der Waals surface area contributed by atoms with Crippen LogP contribution in [0.25, 0.3) is 0 Å². The summed E-state index contributed by atoms with van der Waals surface area (Å²) in [6.07, 6.45) is 4.43. The van der Waals surface area contributed by atoms with Crippen LogP contribution < -0.4 is 5.32 Å². The second kappa shape index (κ2) is 4.95. The second-order valence-corrected chi connectivity index (χ2v) is 7.70. The van der Waals surface area contributed by atoms with Crippen LogP contribution in [0.5, 0.6) is 0 Å².